The largest absolute Gasteiger partial charge is 0.341 e. The van der Waals surface area contributed by atoms with Gasteiger partial charge >= 0.3 is 0 Å². The van der Waals surface area contributed by atoms with Gasteiger partial charge in [0.1, 0.15) is 0 Å². The first-order chi connectivity index (χ1) is 10.7. The maximum absolute atomic E-state index is 13.0. The van der Waals surface area contributed by atoms with Gasteiger partial charge < -0.3 is 9.80 Å². The molecule has 4 nitrogen and oxygen atoms in total. The molecule has 0 aromatic carbocycles. The molecule has 4 heteroatoms. The van der Waals surface area contributed by atoms with Gasteiger partial charge in [-0.25, -0.2) is 0 Å². The Hall–Kier alpha value is -1.32. The monoisotopic (exact) mass is 302 g/mol. The second-order valence-corrected chi connectivity index (χ2v) is 7.51. The van der Waals surface area contributed by atoms with Crippen LogP contribution in [0.4, 0.5) is 0 Å². The van der Waals surface area contributed by atoms with Crippen LogP contribution in [0.3, 0.4) is 0 Å². The van der Waals surface area contributed by atoms with Crippen molar-refractivity contribution in [1.29, 1.82) is 0 Å². The molecule has 2 heterocycles. The number of hydrogen-bond acceptors (Lipinski definition) is 2. The van der Waals surface area contributed by atoms with Crippen LogP contribution in [-0.4, -0.2) is 47.3 Å². The minimum atomic E-state index is 0.213. The van der Waals surface area contributed by atoms with Crippen LogP contribution in [0.15, 0.2) is 12.2 Å². The summed E-state index contributed by atoms with van der Waals surface area (Å²) < 4.78 is 0. The second-order valence-electron chi connectivity index (χ2n) is 7.51. The van der Waals surface area contributed by atoms with Gasteiger partial charge in [0, 0.05) is 38.0 Å². The van der Waals surface area contributed by atoms with Crippen molar-refractivity contribution in [2.45, 2.75) is 51.0 Å². The average molecular weight is 302 g/mol. The molecule has 0 aromatic heterocycles. The molecule has 2 amide bonds. The molecule has 4 atom stereocenters. The van der Waals surface area contributed by atoms with Gasteiger partial charge in [-0.2, -0.15) is 0 Å². The van der Waals surface area contributed by atoms with E-state index in [1.165, 1.54) is 12.8 Å². The number of carbonyl (C=O) groups is 2. The molecule has 0 N–H and O–H groups in total. The molecule has 3 fully saturated rings. The molecule has 0 unspecified atom stereocenters. The average Bonchev–Trinajstić information content (AvgIpc) is 3.25. The van der Waals surface area contributed by atoms with Gasteiger partial charge in [-0.3, -0.25) is 9.59 Å². The van der Waals surface area contributed by atoms with E-state index in [0.717, 1.165) is 45.3 Å². The number of rotatable bonds is 3. The highest BCUT2D eigenvalue weighted by Gasteiger charge is 2.43. The topological polar surface area (TPSA) is 40.6 Å². The highest BCUT2D eigenvalue weighted by atomic mass is 16.2. The highest BCUT2D eigenvalue weighted by molar-refractivity contribution is 5.81. The van der Waals surface area contributed by atoms with E-state index in [0.29, 0.717) is 24.2 Å². The minimum Gasteiger partial charge on any atom is -0.341 e. The molecule has 0 spiro atoms. The second kappa shape index (κ2) is 5.71. The van der Waals surface area contributed by atoms with E-state index in [2.05, 4.69) is 17.1 Å². The first-order valence-electron chi connectivity index (χ1n) is 8.99. The fourth-order valence-electron chi connectivity index (χ4n) is 4.91. The van der Waals surface area contributed by atoms with Gasteiger partial charge in [0.25, 0.3) is 0 Å². The van der Waals surface area contributed by atoms with Gasteiger partial charge in [-0.05, 0) is 50.4 Å². The van der Waals surface area contributed by atoms with Crippen molar-refractivity contribution in [3.8, 4) is 0 Å². The molecule has 120 valence electrons. The summed E-state index contributed by atoms with van der Waals surface area (Å²) in [5.74, 6) is 1.98. The van der Waals surface area contributed by atoms with E-state index in [9.17, 15) is 9.59 Å². The zero-order chi connectivity index (χ0) is 15.1. The number of likely N-dealkylation sites (tertiary alicyclic amines) is 2. The third-order valence-corrected chi connectivity index (χ3v) is 6.11. The SMILES string of the molecule is O=C1CCCN1C[C@@H]1CCCCN1C(=O)[C@@H]1C[C@H]2C=C[C@H]1C2. The number of allylic oxidation sites excluding steroid dienone is 2. The van der Waals surface area contributed by atoms with Gasteiger partial charge in [-0.1, -0.05) is 12.2 Å². The van der Waals surface area contributed by atoms with E-state index in [1.807, 2.05) is 4.90 Å². The molecule has 0 aromatic rings. The molecule has 2 aliphatic heterocycles. The molecule has 4 aliphatic rings. The van der Waals surface area contributed by atoms with Crippen LogP contribution >= 0.6 is 0 Å². The number of amides is 2. The summed E-state index contributed by atoms with van der Waals surface area (Å²) in [5.41, 5.74) is 0. The molecule has 2 aliphatic carbocycles. The summed E-state index contributed by atoms with van der Waals surface area (Å²) in [4.78, 5) is 29.1. The number of hydrogen-bond donors (Lipinski definition) is 0. The molecule has 1 saturated carbocycles. The fourth-order valence-corrected chi connectivity index (χ4v) is 4.91. The van der Waals surface area contributed by atoms with Crippen molar-refractivity contribution < 1.29 is 9.59 Å². The van der Waals surface area contributed by atoms with Crippen molar-refractivity contribution in [2.24, 2.45) is 17.8 Å². The van der Waals surface area contributed by atoms with Crippen molar-refractivity contribution in [3.05, 3.63) is 12.2 Å². The smallest absolute Gasteiger partial charge is 0.226 e. The lowest BCUT2D eigenvalue weighted by atomic mass is 9.90. The predicted octanol–water partition coefficient (Wildman–Crippen LogP) is 2.20. The molecule has 0 radical (unpaired) electrons. The van der Waals surface area contributed by atoms with Crippen LogP contribution in [0.2, 0.25) is 0 Å². The molecular formula is C18H26N2O2. The van der Waals surface area contributed by atoms with Gasteiger partial charge in [0.15, 0.2) is 0 Å². The Kier molecular flexibility index (Phi) is 3.71. The van der Waals surface area contributed by atoms with Crippen LogP contribution < -0.4 is 0 Å². The Morgan fingerprint density at radius 1 is 1.14 bits per heavy atom. The van der Waals surface area contributed by atoms with Crippen molar-refractivity contribution >= 4 is 11.8 Å². The number of fused-ring (bicyclic) bond motifs is 2. The normalized spacial score (nSPS) is 37.4. The van der Waals surface area contributed by atoms with Gasteiger partial charge in [0.2, 0.25) is 11.8 Å². The third kappa shape index (κ3) is 2.46. The maximum Gasteiger partial charge on any atom is 0.226 e. The highest BCUT2D eigenvalue weighted by Crippen LogP contribution is 2.44. The quantitative estimate of drug-likeness (QED) is 0.750. The maximum atomic E-state index is 13.0. The van der Waals surface area contributed by atoms with Gasteiger partial charge in [-0.15, -0.1) is 0 Å². The summed E-state index contributed by atoms with van der Waals surface area (Å²) in [6, 6.07) is 0.256. The van der Waals surface area contributed by atoms with Crippen LogP contribution in [0, 0.1) is 17.8 Å². The van der Waals surface area contributed by atoms with Crippen LogP contribution in [0.25, 0.3) is 0 Å². The van der Waals surface area contributed by atoms with Crippen molar-refractivity contribution in [1.82, 2.24) is 9.80 Å². The fraction of sp³-hybridized carbons (Fsp3) is 0.778. The third-order valence-electron chi connectivity index (χ3n) is 6.11. The Balaban J connectivity index is 1.45. The summed E-state index contributed by atoms with van der Waals surface area (Å²) in [7, 11) is 0. The lowest BCUT2D eigenvalue weighted by molar-refractivity contribution is -0.142. The molecule has 4 rings (SSSR count). The number of nitrogens with zero attached hydrogens (tertiary/aromatic N) is 2. The summed E-state index contributed by atoms with van der Waals surface area (Å²) in [6.45, 7) is 2.54. The first-order valence-corrected chi connectivity index (χ1v) is 8.99. The van der Waals surface area contributed by atoms with E-state index in [4.69, 9.17) is 0 Å². The Bertz CT molecular complexity index is 501. The Labute approximate surface area is 132 Å². The van der Waals surface area contributed by atoms with Crippen molar-refractivity contribution in [2.75, 3.05) is 19.6 Å². The first kappa shape index (κ1) is 14.3. The minimum absolute atomic E-state index is 0.213. The zero-order valence-electron chi connectivity index (χ0n) is 13.2. The molecule has 22 heavy (non-hydrogen) atoms. The predicted molar refractivity (Wildman–Crippen MR) is 84.0 cm³/mol. The number of carbonyl (C=O) groups excluding carboxylic acids is 2. The van der Waals surface area contributed by atoms with E-state index in [1.54, 1.807) is 0 Å². The van der Waals surface area contributed by atoms with E-state index >= 15 is 0 Å². The summed E-state index contributed by atoms with van der Waals surface area (Å²) >= 11 is 0. The number of piperidine rings is 1. The van der Waals surface area contributed by atoms with Gasteiger partial charge in [0.05, 0.1) is 0 Å². The summed E-state index contributed by atoms with van der Waals surface area (Å²) in [6.07, 6.45) is 11.8. The molecule has 2 saturated heterocycles. The molecule has 2 bridgehead atoms. The Morgan fingerprint density at radius 3 is 2.73 bits per heavy atom. The summed E-state index contributed by atoms with van der Waals surface area (Å²) in [5, 5.41) is 0. The lowest BCUT2D eigenvalue weighted by Gasteiger charge is -2.40. The zero-order valence-corrected chi connectivity index (χ0v) is 13.2. The van der Waals surface area contributed by atoms with E-state index < -0.39 is 0 Å². The van der Waals surface area contributed by atoms with Crippen LogP contribution in [0.5, 0.6) is 0 Å². The lowest BCUT2D eigenvalue weighted by Crippen LogP contribution is -2.51. The standard InChI is InChI=1S/C18H26N2O2/c21-17-5-3-8-19(17)12-15-4-1-2-9-20(15)18(22)16-11-13-6-7-14(16)10-13/h6-7,13-16H,1-5,8-12H2/t13-,14-,15-,16+/m0/s1. The van der Waals surface area contributed by atoms with Crippen LogP contribution in [0.1, 0.15) is 44.9 Å². The van der Waals surface area contributed by atoms with E-state index in [-0.39, 0.29) is 17.9 Å². The Morgan fingerprint density at radius 2 is 2.05 bits per heavy atom. The van der Waals surface area contributed by atoms with Crippen molar-refractivity contribution in [3.63, 3.8) is 0 Å². The molecular weight excluding hydrogens is 276 g/mol. The van der Waals surface area contributed by atoms with Crippen LogP contribution in [-0.2, 0) is 9.59 Å².